The van der Waals surface area contributed by atoms with Gasteiger partial charge >= 0.3 is 0 Å². The molecule has 3 rings (SSSR count). The van der Waals surface area contributed by atoms with Crippen molar-refractivity contribution in [2.45, 2.75) is 63.4 Å². The van der Waals surface area contributed by atoms with E-state index in [2.05, 4.69) is 5.32 Å². The summed E-state index contributed by atoms with van der Waals surface area (Å²) in [6.07, 6.45) is 5.40. The van der Waals surface area contributed by atoms with E-state index in [1.807, 2.05) is 6.07 Å². The summed E-state index contributed by atoms with van der Waals surface area (Å²) in [4.78, 5) is 27.9. The van der Waals surface area contributed by atoms with Gasteiger partial charge in [-0.05, 0) is 55.2 Å². The number of nitrogens with one attached hydrogen (secondary N) is 1. The van der Waals surface area contributed by atoms with Gasteiger partial charge in [-0.25, -0.2) is 0 Å². The minimum absolute atomic E-state index is 0.143. The largest absolute Gasteiger partial charge is 0.352 e. The molecule has 0 heterocycles. The second-order valence-electron chi connectivity index (χ2n) is 8.51. The van der Waals surface area contributed by atoms with Crippen LogP contribution in [-0.2, 0) is 21.9 Å². The standard InChI is InChI=1S/C25H28Cl4N2O2S/c1-16(25(33)30-21-5-3-2-4-6-21)31(13-17-7-9-19(26)11-22(17)28)24(32)15-34-14-18-8-10-20(27)12-23(18)29/h7-12,16,21H,2-6,13-15H2,1H3,(H,30,33). The minimum atomic E-state index is -0.638. The highest BCUT2D eigenvalue weighted by Gasteiger charge is 2.28. The summed E-state index contributed by atoms with van der Waals surface area (Å²) >= 11 is 26.1. The molecule has 1 fully saturated rings. The first-order valence-corrected chi connectivity index (χ1v) is 14.0. The quantitative estimate of drug-likeness (QED) is 0.347. The Kier molecular flexibility index (Phi) is 10.7. The molecule has 1 saturated carbocycles. The average Bonchev–Trinajstić information content (AvgIpc) is 2.80. The Labute approximate surface area is 225 Å². The number of amides is 2. The average molecular weight is 562 g/mol. The van der Waals surface area contributed by atoms with Crippen molar-refractivity contribution in [3.63, 3.8) is 0 Å². The van der Waals surface area contributed by atoms with E-state index in [0.29, 0.717) is 25.8 Å². The first-order valence-electron chi connectivity index (χ1n) is 11.3. The summed E-state index contributed by atoms with van der Waals surface area (Å²) in [5.41, 5.74) is 1.64. The summed E-state index contributed by atoms with van der Waals surface area (Å²) in [5.74, 6) is 0.467. The predicted octanol–water partition coefficient (Wildman–Crippen LogP) is 7.40. The normalized spacial score (nSPS) is 15.1. The molecule has 1 aliphatic rings. The van der Waals surface area contributed by atoms with Gasteiger partial charge in [-0.3, -0.25) is 9.59 Å². The number of halogens is 4. The lowest BCUT2D eigenvalue weighted by atomic mass is 9.95. The fourth-order valence-electron chi connectivity index (χ4n) is 3.95. The number of nitrogens with zero attached hydrogens (tertiary/aromatic N) is 1. The summed E-state index contributed by atoms with van der Waals surface area (Å²) < 4.78 is 0. The van der Waals surface area contributed by atoms with Crippen LogP contribution in [0.5, 0.6) is 0 Å². The molecule has 1 aliphatic carbocycles. The maximum absolute atomic E-state index is 13.3. The molecule has 1 N–H and O–H groups in total. The first kappa shape index (κ1) is 27.5. The van der Waals surface area contributed by atoms with Gasteiger partial charge in [0.25, 0.3) is 0 Å². The van der Waals surface area contributed by atoms with Gasteiger partial charge in [-0.1, -0.05) is 77.8 Å². The Bertz CT molecular complexity index is 1010. The van der Waals surface area contributed by atoms with Crippen LogP contribution in [-0.4, -0.2) is 34.6 Å². The molecule has 2 aromatic carbocycles. The van der Waals surface area contributed by atoms with Gasteiger partial charge in [-0.15, -0.1) is 11.8 Å². The van der Waals surface area contributed by atoms with Gasteiger partial charge in [0.15, 0.2) is 0 Å². The van der Waals surface area contributed by atoms with Gasteiger partial charge in [-0.2, -0.15) is 0 Å². The maximum Gasteiger partial charge on any atom is 0.242 e. The second kappa shape index (κ2) is 13.3. The van der Waals surface area contributed by atoms with E-state index in [-0.39, 0.29) is 30.2 Å². The molecule has 0 radical (unpaired) electrons. The number of thioether (sulfide) groups is 1. The van der Waals surface area contributed by atoms with E-state index in [4.69, 9.17) is 46.4 Å². The van der Waals surface area contributed by atoms with Crippen LogP contribution in [0.15, 0.2) is 36.4 Å². The molecule has 34 heavy (non-hydrogen) atoms. The number of hydrogen-bond donors (Lipinski definition) is 1. The van der Waals surface area contributed by atoms with Gasteiger partial charge < -0.3 is 10.2 Å². The number of hydrogen-bond acceptors (Lipinski definition) is 3. The molecule has 1 unspecified atom stereocenters. The zero-order valence-corrected chi connectivity index (χ0v) is 22.8. The molecule has 0 aromatic heterocycles. The van der Waals surface area contributed by atoms with E-state index < -0.39 is 6.04 Å². The SMILES string of the molecule is CC(C(=O)NC1CCCCC1)N(Cc1ccc(Cl)cc1Cl)C(=O)CSCc1ccc(Cl)cc1Cl. The van der Waals surface area contributed by atoms with Crippen molar-refractivity contribution in [3.8, 4) is 0 Å². The highest BCUT2D eigenvalue weighted by Crippen LogP contribution is 2.27. The number of rotatable bonds is 9. The molecule has 9 heteroatoms. The first-order chi connectivity index (χ1) is 16.2. The molecule has 0 aliphatic heterocycles. The Balaban J connectivity index is 1.69. The molecule has 184 valence electrons. The lowest BCUT2D eigenvalue weighted by molar-refractivity contribution is -0.139. The fourth-order valence-corrected chi connectivity index (χ4v) is 5.89. The van der Waals surface area contributed by atoms with Crippen LogP contribution >= 0.6 is 58.2 Å². The molecular formula is C25H28Cl4N2O2S. The van der Waals surface area contributed by atoms with Crippen LogP contribution in [0.3, 0.4) is 0 Å². The topological polar surface area (TPSA) is 49.4 Å². The van der Waals surface area contributed by atoms with E-state index in [9.17, 15) is 9.59 Å². The fraction of sp³-hybridized carbons (Fsp3) is 0.440. The zero-order chi connectivity index (χ0) is 24.7. The van der Waals surface area contributed by atoms with Crippen LogP contribution in [0.2, 0.25) is 20.1 Å². The summed E-state index contributed by atoms with van der Waals surface area (Å²) in [7, 11) is 0. The minimum Gasteiger partial charge on any atom is -0.352 e. The van der Waals surface area contributed by atoms with Gasteiger partial charge in [0.1, 0.15) is 6.04 Å². The predicted molar refractivity (Wildman–Crippen MR) is 144 cm³/mol. The molecule has 2 aromatic rings. The zero-order valence-electron chi connectivity index (χ0n) is 19.0. The number of carbonyl (C=O) groups is 2. The molecule has 0 bridgehead atoms. The van der Waals surface area contributed by atoms with Gasteiger partial charge in [0.2, 0.25) is 11.8 Å². The van der Waals surface area contributed by atoms with Crippen LogP contribution in [0.25, 0.3) is 0 Å². The van der Waals surface area contributed by atoms with Crippen LogP contribution in [0.1, 0.15) is 50.2 Å². The summed E-state index contributed by atoms with van der Waals surface area (Å²) in [6, 6.07) is 10.0. The molecular weight excluding hydrogens is 534 g/mol. The van der Waals surface area contributed by atoms with Crippen LogP contribution in [0, 0.1) is 0 Å². The second-order valence-corrected chi connectivity index (χ2v) is 11.2. The van der Waals surface area contributed by atoms with Crippen molar-refractivity contribution in [2.75, 3.05) is 5.75 Å². The third-order valence-electron chi connectivity index (χ3n) is 5.97. The van der Waals surface area contributed by atoms with Gasteiger partial charge in [0, 0.05) is 38.4 Å². The molecule has 2 amide bonds. The summed E-state index contributed by atoms with van der Waals surface area (Å²) in [6.45, 7) is 1.98. The lowest BCUT2D eigenvalue weighted by Crippen LogP contribution is -2.50. The Hall–Kier alpha value is -1.11. The van der Waals surface area contributed by atoms with E-state index >= 15 is 0 Å². The van der Waals surface area contributed by atoms with Crippen molar-refractivity contribution >= 4 is 70.0 Å². The molecule has 4 nitrogen and oxygen atoms in total. The van der Waals surface area contributed by atoms with Crippen molar-refractivity contribution < 1.29 is 9.59 Å². The molecule has 0 spiro atoms. The third-order valence-corrected chi connectivity index (χ3v) is 8.11. The van der Waals surface area contributed by atoms with Crippen molar-refractivity contribution in [2.24, 2.45) is 0 Å². The van der Waals surface area contributed by atoms with E-state index in [1.54, 1.807) is 42.2 Å². The Morgan fingerprint density at radius 1 is 0.971 bits per heavy atom. The van der Waals surface area contributed by atoms with Gasteiger partial charge in [0.05, 0.1) is 5.75 Å². The Morgan fingerprint density at radius 2 is 1.56 bits per heavy atom. The lowest BCUT2D eigenvalue weighted by Gasteiger charge is -2.31. The third kappa shape index (κ3) is 7.96. The van der Waals surface area contributed by atoms with Crippen molar-refractivity contribution in [1.29, 1.82) is 0 Å². The van der Waals surface area contributed by atoms with Crippen molar-refractivity contribution in [1.82, 2.24) is 10.2 Å². The number of benzene rings is 2. The highest BCUT2D eigenvalue weighted by molar-refractivity contribution is 7.99. The van der Waals surface area contributed by atoms with E-state index in [1.165, 1.54) is 18.2 Å². The highest BCUT2D eigenvalue weighted by atomic mass is 35.5. The molecule has 0 saturated heterocycles. The smallest absolute Gasteiger partial charge is 0.242 e. The Morgan fingerprint density at radius 3 is 2.15 bits per heavy atom. The van der Waals surface area contributed by atoms with Crippen LogP contribution in [0.4, 0.5) is 0 Å². The van der Waals surface area contributed by atoms with Crippen molar-refractivity contribution in [3.05, 3.63) is 67.6 Å². The van der Waals surface area contributed by atoms with E-state index in [0.717, 1.165) is 36.8 Å². The summed E-state index contributed by atoms with van der Waals surface area (Å²) in [5, 5.41) is 5.25. The molecule has 1 atom stereocenters. The number of carbonyl (C=O) groups excluding carboxylic acids is 2. The monoisotopic (exact) mass is 560 g/mol. The van der Waals surface area contributed by atoms with Crippen LogP contribution < -0.4 is 5.32 Å². The maximum atomic E-state index is 13.3.